The molecule has 0 fully saturated rings. The number of hydrogen-bond acceptors (Lipinski definition) is 7. The van der Waals surface area contributed by atoms with E-state index in [-0.39, 0.29) is 12.5 Å². The highest BCUT2D eigenvalue weighted by atomic mass is 16.3. The Hall–Kier alpha value is -3.32. The van der Waals surface area contributed by atoms with Gasteiger partial charge < -0.3 is 21.6 Å². The molecule has 0 radical (unpaired) electrons. The molecule has 3 rings (SSSR count). The first-order valence-electron chi connectivity index (χ1n) is 8.66. The lowest BCUT2D eigenvalue weighted by Crippen LogP contribution is -2.10. The minimum Gasteiger partial charge on any atom is -0.396 e. The third-order valence-corrected chi connectivity index (χ3v) is 4.09. The molecule has 0 amide bonds. The molecular weight excluding hydrogens is 340 g/mol. The van der Waals surface area contributed by atoms with Crippen molar-refractivity contribution in [3.05, 3.63) is 59.9 Å². The Labute approximate surface area is 157 Å². The summed E-state index contributed by atoms with van der Waals surface area (Å²) in [4.78, 5) is 13.0. The van der Waals surface area contributed by atoms with Gasteiger partial charge in [-0.15, -0.1) is 0 Å². The summed E-state index contributed by atoms with van der Waals surface area (Å²) in [7, 11) is 0. The summed E-state index contributed by atoms with van der Waals surface area (Å²) >= 11 is 0. The van der Waals surface area contributed by atoms with E-state index in [4.69, 9.17) is 16.2 Å². The number of aliphatic hydroxyl groups excluding tert-OH is 1. The van der Waals surface area contributed by atoms with Gasteiger partial charge in [0.25, 0.3) is 0 Å². The number of fused-ring (bicyclic) bond motifs is 1. The average molecular weight is 362 g/mol. The first kappa shape index (κ1) is 18.5. The number of nitrogens with zero attached hydrogens (tertiary/aromatic N) is 3. The second-order valence-electron chi connectivity index (χ2n) is 6.03. The number of rotatable bonds is 8. The van der Waals surface area contributed by atoms with E-state index in [1.54, 1.807) is 24.5 Å². The van der Waals surface area contributed by atoms with Crippen LogP contribution in [0, 0.1) is 5.41 Å². The molecule has 2 aromatic heterocycles. The Kier molecular flexibility index (Phi) is 6.06. The third-order valence-electron chi connectivity index (χ3n) is 4.09. The summed E-state index contributed by atoms with van der Waals surface area (Å²) in [5, 5.41) is 20.8. The number of aliphatic hydroxyl groups is 1. The van der Waals surface area contributed by atoms with Crippen molar-refractivity contribution in [2.24, 2.45) is 4.99 Å². The number of aromatic nitrogens is 2. The first-order chi connectivity index (χ1) is 13.2. The van der Waals surface area contributed by atoms with Crippen molar-refractivity contribution in [2.75, 3.05) is 24.2 Å². The molecule has 7 nitrogen and oxygen atoms in total. The summed E-state index contributed by atoms with van der Waals surface area (Å²) < 4.78 is 0. The van der Waals surface area contributed by atoms with Crippen molar-refractivity contribution in [3.8, 4) is 0 Å². The molecule has 5 N–H and O–H groups in total. The number of nitrogens with one attached hydrogen (secondary N) is 2. The topological polar surface area (TPSA) is 120 Å². The smallest absolute Gasteiger partial charge is 0.149 e. The van der Waals surface area contributed by atoms with Crippen molar-refractivity contribution < 1.29 is 5.11 Å². The number of nitrogens with two attached hydrogens (primary N) is 1. The molecule has 1 aromatic carbocycles. The van der Waals surface area contributed by atoms with E-state index in [2.05, 4.69) is 26.3 Å². The maximum atomic E-state index is 8.83. The number of aliphatic imine (C=N–C) groups is 1. The largest absolute Gasteiger partial charge is 0.396 e. The number of nitrogen functional groups attached to an aromatic ring is 1. The fraction of sp³-hybridized carbons (Fsp3) is 0.200. The zero-order valence-corrected chi connectivity index (χ0v) is 14.8. The van der Waals surface area contributed by atoms with Crippen LogP contribution in [0.15, 0.2) is 53.7 Å². The maximum absolute atomic E-state index is 8.83. The van der Waals surface area contributed by atoms with Gasteiger partial charge in [0.15, 0.2) is 0 Å². The SMILES string of the molecule is N=CC(C=NCCO)c1ccc(N)c(NCc2ccc3ncccc3c2)n1. The van der Waals surface area contributed by atoms with Crippen LogP contribution in [-0.2, 0) is 6.54 Å². The van der Waals surface area contributed by atoms with Crippen molar-refractivity contribution in [1.29, 1.82) is 5.41 Å². The van der Waals surface area contributed by atoms with Crippen LogP contribution in [0.1, 0.15) is 17.2 Å². The summed E-state index contributed by atoms with van der Waals surface area (Å²) in [6, 6.07) is 13.6. The molecule has 0 saturated heterocycles. The molecule has 0 aliphatic rings. The molecule has 7 heteroatoms. The molecular formula is C20H22N6O. The molecule has 2 heterocycles. The Morgan fingerprint density at radius 1 is 1.26 bits per heavy atom. The van der Waals surface area contributed by atoms with Crippen LogP contribution in [0.2, 0.25) is 0 Å². The van der Waals surface area contributed by atoms with E-state index in [0.29, 0.717) is 30.3 Å². The standard InChI is InChI=1S/C20H22N6O/c21-11-16(13-23-8-9-27)19-6-4-17(22)20(26-19)25-12-14-3-5-18-15(10-14)2-1-7-24-18/h1-7,10-11,13,16,21,27H,8-9,12,22H2,(H,25,26). The first-order valence-corrected chi connectivity index (χ1v) is 8.66. The molecule has 1 atom stereocenters. The predicted molar refractivity (Wildman–Crippen MR) is 110 cm³/mol. The van der Waals surface area contributed by atoms with Crippen LogP contribution in [0.4, 0.5) is 11.5 Å². The van der Waals surface area contributed by atoms with Crippen LogP contribution in [0.25, 0.3) is 10.9 Å². The predicted octanol–water partition coefficient (Wildman–Crippen LogP) is 2.62. The zero-order valence-electron chi connectivity index (χ0n) is 14.8. The second-order valence-corrected chi connectivity index (χ2v) is 6.03. The van der Waals surface area contributed by atoms with Crippen LogP contribution in [0.5, 0.6) is 0 Å². The van der Waals surface area contributed by atoms with Crippen molar-refractivity contribution >= 4 is 34.8 Å². The molecule has 138 valence electrons. The van der Waals surface area contributed by atoms with E-state index in [1.165, 1.54) is 6.21 Å². The lowest BCUT2D eigenvalue weighted by molar-refractivity contribution is 0.307. The normalized spacial score (nSPS) is 12.3. The Bertz CT molecular complexity index is 956. The highest BCUT2D eigenvalue weighted by Gasteiger charge is 2.10. The molecule has 3 aromatic rings. The lowest BCUT2D eigenvalue weighted by atomic mass is 10.1. The molecule has 0 aliphatic carbocycles. The minimum atomic E-state index is -0.357. The van der Waals surface area contributed by atoms with Gasteiger partial charge >= 0.3 is 0 Å². The third kappa shape index (κ3) is 4.65. The van der Waals surface area contributed by atoms with Gasteiger partial charge in [0.1, 0.15) is 5.82 Å². The van der Waals surface area contributed by atoms with Gasteiger partial charge in [-0.2, -0.15) is 0 Å². The Morgan fingerprint density at radius 3 is 2.96 bits per heavy atom. The van der Waals surface area contributed by atoms with Crippen molar-refractivity contribution in [3.63, 3.8) is 0 Å². The van der Waals surface area contributed by atoms with Crippen LogP contribution >= 0.6 is 0 Å². The number of anilines is 2. The fourth-order valence-corrected chi connectivity index (χ4v) is 2.68. The Balaban J connectivity index is 1.76. The molecule has 0 bridgehead atoms. The molecule has 1 unspecified atom stereocenters. The molecule has 0 spiro atoms. The van der Waals surface area contributed by atoms with E-state index in [9.17, 15) is 0 Å². The number of benzene rings is 1. The average Bonchev–Trinajstić information content (AvgIpc) is 2.71. The summed E-state index contributed by atoms with van der Waals surface area (Å²) in [6.07, 6.45) is 4.65. The van der Waals surface area contributed by atoms with Gasteiger partial charge in [0.2, 0.25) is 0 Å². The minimum absolute atomic E-state index is 0.0233. The zero-order chi connectivity index (χ0) is 19.1. The highest BCUT2D eigenvalue weighted by molar-refractivity contribution is 5.88. The van der Waals surface area contributed by atoms with Crippen LogP contribution in [0.3, 0.4) is 0 Å². The van der Waals surface area contributed by atoms with Crippen LogP contribution < -0.4 is 11.1 Å². The highest BCUT2D eigenvalue weighted by Crippen LogP contribution is 2.21. The quantitative estimate of drug-likeness (QED) is 0.459. The molecule has 0 saturated carbocycles. The fourth-order valence-electron chi connectivity index (χ4n) is 2.68. The van der Waals surface area contributed by atoms with Gasteiger partial charge in [-0.25, -0.2) is 4.98 Å². The molecule has 0 aliphatic heterocycles. The molecule has 27 heavy (non-hydrogen) atoms. The van der Waals surface area contributed by atoms with Gasteiger partial charge in [-0.1, -0.05) is 12.1 Å². The summed E-state index contributed by atoms with van der Waals surface area (Å²) in [5.74, 6) is 0.214. The van der Waals surface area contributed by atoms with E-state index in [1.807, 2.05) is 24.3 Å². The number of pyridine rings is 2. The van der Waals surface area contributed by atoms with Crippen molar-refractivity contribution in [1.82, 2.24) is 9.97 Å². The van der Waals surface area contributed by atoms with E-state index in [0.717, 1.165) is 16.5 Å². The number of hydrogen-bond donors (Lipinski definition) is 4. The summed E-state index contributed by atoms with van der Waals surface area (Å²) in [5.41, 5.74) is 9.31. The van der Waals surface area contributed by atoms with Crippen LogP contribution in [-0.4, -0.2) is 40.7 Å². The van der Waals surface area contributed by atoms with Crippen molar-refractivity contribution in [2.45, 2.75) is 12.5 Å². The maximum Gasteiger partial charge on any atom is 0.149 e. The van der Waals surface area contributed by atoms with Gasteiger partial charge in [-0.3, -0.25) is 9.98 Å². The van der Waals surface area contributed by atoms with Gasteiger partial charge in [0.05, 0.1) is 36.0 Å². The summed E-state index contributed by atoms with van der Waals surface area (Å²) in [6.45, 7) is 0.852. The van der Waals surface area contributed by atoms with Gasteiger partial charge in [0, 0.05) is 30.6 Å². The Morgan fingerprint density at radius 2 is 2.15 bits per heavy atom. The second kappa shape index (κ2) is 8.86. The van der Waals surface area contributed by atoms with Gasteiger partial charge in [-0.05, 0) is 35.9 Å². The monoisotopic (exact) mass is 362 g/mol. The lowest BCUT2D eigenvalue weighted by Gasteiger charge is -2.12. The van der Waals surface area contributed by atoms with E-state index >= 15 is 0 Å². The van der Waals surface area contributed by atoms with E-state index < -0.39 is 0 Å².